The summed E-state index contributed by atoms with van der Waals surface area (Å²) in [7, 11) is 0. The van der Waals surface area contributed by atoms with Gasteiger partial charge in [0, 0.05) is 17.5 Å². The zero-order valence-electron chi connectivity index (χ0n) is 14.2. The van der Waals surface area contributed by atoms with Crippen LogP contribution in [-0.4, -0.2) is 33.9 Å². The van der Waals surface area contributed by atoms with Crippen molar-refractivity contribution in [3.63, 3.8) is 0 Å². The van der Waals surface area contributed by atoms with Crippen LogP contribution >= 0.6 is 0 Å². The van der Waals surface area contributed by atoms with Crippen LogP contribution < -0.4 is 10.1 Å². The molecular formula is C19H21N3O3. The van der Waals surface area contributed by atoms with E-state index in [2.05, 4.69) is 15.5 Å². The molecule has 0 aliphatic carbocycles. The standard InChI is InChI=1S/C19H21N3O3/c1-12(2)25-16-6-3-13(4-7-16)18(23)11-20-19(24)14-5-8-17-15(9-14)10-21-22-17/h3-10,12,18,23H,11H2,1-2H3,(H,20,24)(H,21,22). The van der Waals surface area contributed by atoms with Gasteiger partial charge in [0.15, 0.2) is 0 Å². The number of aromatic nitrogens is 2. The lowest BCUT2D eigenvalue weighted by molar-refractivity contribution is 0.0916. The van der Waals surface area contributed by atoms with Crippen LogP contribution in [0.1, 0.15) is 35.9 Å². The molecule has 6 heteroatoms. The lowest BCUT2D eigenvalue weighted by atomic mass is 10.1. The van der Waals surface area contributed by atoms with E-state index in [0.717, 1.165) is 22.2 Å². The molecule has 1 heterocycles. The fourth-order valence-corrected chi connectivity index (χ4v) is 2.53. The molecule has 0 bridgehead atoms. The average molecular weight is 339 g/mol. The highest BCUT2D eigenvalue weighted by Gasteiger charge is 2.12. The van der Waals surface area contributed by atoms with Crippen LogP contribution in [0.15, 0.2) is 48.7 Å². The number of aliphatic hydroxyl groups is 1. The third-order valence-electron chi connectivity index (χ3n) is 3.80. The van der Waals surface area contributed by atoms with Gasteiger partial charge in [-0.1, -0.05) is 12.1 Å². The second kappa shape index (κ2) is 7.36. The summed E-state index contributed by atoms with van der Waals surface area (Å²) >= 11 is 0. The lowest BCUT2D eigenvalue weighted by Gasteiger charge is -2.14. The molecule has 1 aromatic heterocycles. The van der Waals surface area contributed by atoms with Gasteiger partial charge in [0.2, 0.25) is 0 Å². The normalized spacial score (nSPS) is 12.3. The van der Waals surface area contributed by atoms with Crippen LogP contribution in [0.2, 0.25) is 0 Å². The second-order valence-electron chi connectivity index (χ2n) is 6.13. The maximum atomic E-state index is 12.2. The Morgan fingerprint density at radius 3 is 2.72 bits per heavy atom. The molecular weight excluding hydrogens is 318 g/mol. The zero-order chi connectivity index (χ0) is 17.8. The highest BCUT2D eigenvalue weighted by atomic mass is 16.5. The fraction of sp³-hybridized carbons (Fsp3) is 0.263. The molecule has 2 aromatic carbocycles. The molecule has 0 radical (unpaired) electrons. The smallest absolute Gasteiger partial charge is 0.251 e. The van der Waals surface area contributed by atoms with E-state index in [4.69, 9.17) is 4.74 Å². The minimum atomic E-state index is -0.783. The van der Waals surface area contributed by atoms with Crippen molar-refractivity contribution >= 4 is 16.8 Å². The molecule has 1 atom stereocenters. The van der Waals surface area contributed by atoms with Crippen molar-refractivity contribution in [2.24, 2.45) is 0 Å². The lowest BCUT2D eigenvalue weighted by Crippen LogP contribution is -2.28. The molecule has 0 aliphatic heterocycles. The first-order valence-corrected chi connectivity index (χ1v) is 8.19. The number of carbonyl (C=O) groups excluding carboxylic acids is 1. The van der Waals surface area contributed by atoms with Crippen molar-refractivity contribution in [1.82, 2.24) is 15.5 Å². The third kappa shape index (κ3) is 4.16. The summed E-state index contributed by atoms with van der Waals surface area (Å²) in [5.74, 6) is 0.519. The summed E-state index contributed by atoms with van der Waals surface area (Å²) in [5, 5.41) is 20.7. The molecule has 0 aliphatic rings. The Morgan fingerprint density at radius 2 is 2.00 bits per heavy atom. The molecule has 0 saturated carbocycles. The first kappa shape index (κ1) is 17.0. The van der Waals surface area contributed by atoms with Gasteiger partial charge < -0.3 is 15.2 Å². The van der Waals surface area contributed by atoms with E-state index in [1.807, 2.05) is 26.0 Å². The number of H-pyrrole nitrogens is 1. The minimum absolute atomic E-state index is 0.0997. The molecule has 25 heavy (non-hydrogen) atoms. The van der Waals surface area contributed by atoms with E-state index < -0.39 is 6.10 Å². The summed E-state index contributed by atoms with van der Waals surface area (Å²) in [6, 6.07) is 12.5. The van der Waals surface area contributed by atoms with Crippen molar-refractivity contribution in [3.8, 4) is 5.75 Å². The van der Waals surface area contributed by atoms with Crippen molar-refractivity contribution in [2.75, 3.05) is 6.54 Å². The van der Waals surface area contributed by atoms with E-state index in [1.54, 1.807) is 36.5 Å². The number of nitrogens with one attached hydrogen (secondary N) is 2. The number of aliphatic hydroxyl groups excluding tert-OH is 1. The van der Waals surface area contributed by atoms with Crippen molar-refractivity contribution in [2.45, 2.75) is 26.1 Å². The van der Waals surface area contributed by atoms with Crippen LogP contribution in [0, 0.1) is 0 Å². The molecule has 1 amide bonds. The quantitative estimate of drug-likeness (QED) is 0.644. The Labute approximate surface area is 145 Å². The SMILES string of the molecule is CC(C)Oc1ccc(C(O)CNC(=O)c2ccc3[nH]ncc3c2)cc1. The summed E-state index contributed by atoms with van der Waals surface area (Å²) in [6.45, 7) is 4.05. The number of aromatic amines is 1. The number of amides is 1. The van der Waals surface area contributed by atoms with E-state index in [9.17, 15) is 9.90 Å². The van der Waals surface area contributed by atoms with Gasteiger partial charge in [0.05, 0.1) is 23.9 Å². The largest absolute Gasteiger partial charge is 0.491 e. The number of rotatable bonds is 6. The average Bonchev–Trinajstić information content (AvgIpc) is 3.07. The van der Waals surface area contributed by atoms with Crippen LogP contribution in [0.25, 0.3) is 10.9 Å². The maximum absolute atomic E-state index is 12.2. The zero-order valence-corrected chi connectivity index (χ0v) is 14.2. The second-order valence-corrected chi connectivity index (χ2v) is 6.13. The number of fused-ring (bicyclic) bond motifs is 1. The van der Waals surface area contributed by atoms with Crippen molar-refractivity contribution in [3.05, 3.63) is 59.8 Å². The van der Waals surface area contributed by atoms with Crippen molar-refractivity contribution < 1.29 is 14.6 Å². The Balaban J connectivity index is 1.59. The molecule has 6 nitrogen and oxygen atoms in total. The molecule has 3 aromatic rings. The first-order valence-electron chi connectivity index (χ1n) is 8.19. The number of benzene rings is 2. The van der Waals surface area contributed by atoms with Crippen LogP contribution in [0.4, 0.5) is 0 Å². The molecule has 3 rings (SSSR count). The predicted molar refractivity (Wildman–Crippen MR) is 95.6 cm³/mol. The van der Waals surface area contributed by atoms with Gasteiger partial charge in [0.1, 0.15) is 5.75 Å². The van der Waals surface area contributed by atoms with E-state index in [-0.39, 0.29) is 18.6 Å². The summed E-state index contributed by atoms with van der Waals surface area (Å²) in [5.41, 5.74) is 2.13. The minimum Gasteiger partial charge on any atom is -0.491 e. The molecule has 130 valence electrons. The first-order chi connectivity index (χ1) is 12.0. The molecule has 0 saturated heterocycles. The predicted octanol–water partition coefficient (Wildman–Crippen LogP) is 2.81. The van der Waals surface area contributed by atoms with Gasteiger partial charge in [-0.25, -0.2) is 0 Å². The topological polar surface area (TPSA) is 87.2 Å². The molecule has 1 unspecified atom stereocenters. The highest BCUT2D eigenvalue weighted by Crippen LogP contribution is 2.19. The van der Waals surface area contributed by atoms with E-state index in [0.29, 0.717) is 5.56 Å². The van der Waals surface area contributed by atoms with Gasteiger partial charge in [-0.2, -0.15) is 5.10 Å². The summed E-state index contributed by atoms with van der Waals surface area (Å²) < 4.78 is 5.57. The molecule has 0 spiro atoms. The number of hydrogen-bond donors (Lipinski definition) is 3. The maximum Gasteiger partial charge on any atom is 0.251 e. The van der Waals surface area contributed by atoms with Gasteiger partial charge in [-0.05, 0) is 49.7 Å². The Hall–Kier alpha value is -2.86. The van der Waals surface area contributed by atoms with Gasteiger partial charge in [-0.3, -0.25) is 9.89 Å². The van der Waals surface area contributed by atoms with Gasteiger partial charge in [-0.15, -0.1) is 0 Å². The number of hydrogen-bond acceptors (Lipinski definition) is 4. The Bertz CT molecular complexity index is 856. The van der Waals surface area contributed by atoms with Crippen LogP contribution in [-0.2, 0) is 0 Å². The Kier molecular flexibility index (Phi) is 5.00. The molecule has 0 fully saturated rings. The van der Waals surface area contributed by atoms with Crippen molar-refractivity contribution in [1.29, 1.82) is 0 Å². The van der Waals surface area contributed by atoms with Crippen LogP contribution in [0.5, 0.6) is 5.75 Å². The fourth-order valence-electron chi connectivity index (χ4n) is 2.53. The number of ether oxygens (including phenoxy) is 1. The van der Waals surface area contributed by atoms with E-state index >= 15 is 0 Å². The van der Waals surface area contributed by atoms with E-state index in [1.165, 1.54) is 0 Å². The Morgan fingerprint density at radius 1 is 1.24 bits per heavy atom. The number of nitrogens with zero attached hydrogens (tertiary/aromatic N) is 1. The summed E-state index contributed by atoms with van der Waals surface area (Å²) in [6.07, 6.45) is 0.985. The highest BCUT2D eigenvalue weighted by molar-refractivity contribution is 5.97. The molecule has 3 N–H and O–H groups in total. The van der Waals surface area contributed by atoms with Crippen LogP contribution in [0.3, 0.4) is 0 Å². The monoisotopic (exact) mass is 339 g/mol. The summed E-state index contributed by atoms with van der Waals surface area (Å²) in [4.78, 5) is 12.2. The third-order valence-corrected chi connectivity index (χ3v) is 3.80. The van der Waals surface area contributed by atoms with Gasteiger partial charge >= 0.3 is 0 Å². The number of carbonyl (C=O) groups is 1. The van der Waals surface area contributed by atoms with Gasteiger partial charge in [0.25, 0.3) is 5.91 Å².